The fourth-order valence-corrected chi connectivity index (χ4v) is 2.59. The van der Waals surface area contributed by atoms with Gasteiger partial charge in [-0.05, 0) is 49.8 Å². The van der Waals surface area contributed by atoms with Gasteiger partial charge >= 0.3 is 6.03 Å². The van der Waals surface area contributed by atoms with Crippen molar-refractivity contribution < 1.29 is 14.3 Å². The van der Waals surface area contributed by atoms with Gasteiger partial charge in [0.05, 0.1) is 6.04 Å². The van der Waals surface area contributed by atoms with E-state index in [-0.39, 0.29) is 30.5 Å². The Bertz CT molecular complexity index is 460. The fourth-order valence-electron chi connectivity index (χ4n) is 2.59. The van der Waals surface area contributed by atoms with E-state index in [1.165, 1.54) is 18.6 Å². The molecule has 4 nitrogen and oxygen atoms in total. The number of nitrogens with one attached hydrogen (secondary N) is 2. The van der Waals surface area contributed by atoms with E-state index in [1.54, 1.807) is 12.1 Å². The Morgan fingerprint density at radius 2 is 2.00 bits per heavy atom. The minimum atomic E-state index is -0.271. The second-order valence-electron chi connectivity index (χ2n) is 5.75. The van der Waals surface area contributed by atoms with Crippen molar-refractivity contribution >= 4 is 6.03 Å². The highest BCUT2D eigenvalue weighted by Gasteiger charge is 2.29. The van der Waals surface area contributed by atoms with Crippen molar-refractivity contribution in [2.24, 2.45) is 5.92 Å². The molecule has 1 unspecified atom stereocenters. The van der Waals surface area contributed by atoms with Crippen molar-refractivity contribution in [3.8, 4) is 0 Å². The molecule has 1 fully saturated rings. The molecule has 0 radical (unpaired) electrons. The average molecular weight is 294 g/mol. The number of urea groups is 1. The number of aliphatic hydroxyl groups excluding tert-OH is 1. The molecule has 116 valence electrons. The van der Waals surface area contributed by atoms with Gasteiger partial charge in [0.1, 0.15) is 5.82 Å². The van der Waals surface area contributed by atoms with Crippen LogP contribution in [0, 0.1) is 11.7 Å². The van der Waals surface area contributed by atoms with Crippen LogP contribution in [-0.4, -0.2) is 23.8 Å². The van der Waals surface area contributed by atoms with Crippen molar-refractivity contribution in [2.75, 3.05) is 6.61 Å². The largest absolute Gasteiger partial charge is 0.396 e. The molecule has 5 heteroatoms. The predicted octanol–water partition coefficient (Wildman–Crippen LogP) is 2.74. The van der Waals surface area contributed by atoms with Crippen LogP contribution in [0.2, 0.25) is 0 Å². The van der Waals surface area contributed by atoms with E-state index in [4.69, 9.17) is 5.11 Å². The number of hydrogen-bond acceptors (Lipinski definition) is 2. The zero-order chi connectivity index (χ0) is 15.2. The minimum absolute atomic E-state index is 0.0471. The van der Waals surface area contributed by atoms with Crippen LogP contribution in [0.4, 0.5) is 9.18 Å². The summed E-state index contributed by atoms with van der Waals surface area (Å²) in [4.78, 5) is 12.0. The third kappa shape index (κ3) is 4.43. The first-order valence-electron chi connectivity index (χ1n) is 7.53. The number of halogens is 1. The molecule has 0 spiro atoms. The number of rotatable bonds is 6. The third-order valence-electron chi connectivity index (χ3n) is 4.08. The number of hydrogen-bond donors (Lipinski definition) is 3. The van der Waals surface area contributed by atoms with Crippen molar-refractivity contribution in [1.82, 2.24) is 10.6 Å². The Morgan fingerprint density at radius 3 is 2.52 bits per heavy atom. The van der Waals surface area contributed by atoms with Gasteiger partial charge in [-0.2, -0.15) is 0 Å². The summed E-state index contributed by atoms with van der Waals surface area (Å²) in [5.41, 5.74) is 0.936. The van der Waals surface area contributed by atoms with E-state index in [0.29, 0.717) is 12.3 Å². The van der Waals surface area contributed by atoms with Crippen LogP contribution in [0.1, 0.15) is 44.2 Å². The Labute approximate surface area is 124 Å². The summed E-state index contributed by atoms with van der Waals surface area (Å²) in [5, 5.41) is 14.7. The highest BCUT2D eigenvalue weighted by molar-refractivity contribution is 5.74. The Balaban J connectivity index is 1.99. The van der Waals surface area contributed by atoms with Crippen LogP contribution in [0.25, 0.3) is 0 Å². The van der Waals surface area contributed by atoms with Crippen LogP contribution in [0.3, 0.4) is 0 Å². The Hall–Kier alpha value is -1.62. The van der Waals surface area contributed by atoms with E-state index in [2.05, 4.69) is 10.6 Å². The molecular weight excluding hydrogens is 271 g/mol. The lowest BCUT2D eigenvalue weighted by atomic mass is 9.77. The Kier molecular flexibility index (Phi) is 5.56. The summed E-state index contributed by atoms with van der Waals surface area (Å²) < 4.78 is 13.0. The maximum absolute atomic E-state index is 13.0. The van der Waals surface area contributed by atoms with E-state index < -0.39 is 0 Å². The molecule has 0 heterocycles. The first-order valence-corrected chi connectivity index (χ1v) is 7.53. The standard InChI is InChI=1S/C16H23FN2O2/c1-11(9-10-20)18-16(21)19-15(12-3-2-4-12)13-5-7-14(17)8-6-13/h5-8,11-12,15,20H,2-4,9-10H2,1H3,(H2,18,19,21)/t11-,15?/m1/s1. The predicted molar refractivity (Wildman–Crippen MR) is 79.3 cm³/mol. The molecule has 2 rings (SSSR count). The van der Waals surface area contributed by atoms with Gasteiger partial charge in [-0.3, -0.25) is 0 Å². The van der Waals surface area contributed by atoms with Gasteiger partial charge in [0, 0.05) is 12.6 Å². The lowest BCUT2D eigenvalue weighted by Gasteiger charge is -2.35. The van der Waals surface area contributed by atoms with Gasteiger partial charge in [-0.1, -0.05) is 18.6 Å². The first-order chi connectivity index (χ1) is 10.1. The SMILES string of the molecule is C[C@H](CCO)NC(=O)NC(c1ccc(F)cc1)C1CCC1. The highest BCUT2D eigenvalue weighted by atomic mass is 19.1. The highest BCUT2D eigenvalue weighted by Crippen LogP contribution is 2.37. The minimum Gasteiger partial charge on any atom is -0.396 e. The summed E-state index contributed by atoms with van der Waals surface area (Å²) >= 11 is 0. The van der Waals surface area contributed by atoms with Gasteiger partial charge in [-0.25, -0.2) is 9.18 Å². The number of aliphatic hydroxyl groups is 1. The van der Waals surface area contributed by atoms with Crippen LogP contribution < -0.4 is 10.6 Å². The smallest absolute Gasteiger partial charge is 0.315 e. The average Bonchev–Trinajstić information content (AvgIpc) is 2.37. The van der Waals surface area contributed by atoms with Gasteiger partial charge in [0.15, 0.2) is 0 Å². The summed E-state index contributed by atoms with van der Waals surface area (Å²) in [6.45, 7) is 1.90. The second kappa shape index (κ2) is 7.41. The molecule has 0 aliphatic heterocycles. The molecular formula is C16H23FN2O2. The van der Waals surface area contributed by atoms with E-state index in [9.17, 15) is 9.18 Å². The third-order valence-corrected chi connectivity index (χ3v) is 4.08. The van der Waals surface area contributed by atoms with Crippen molar-refractivity contribution in [2.45, 2.75) is 44.7 Å². The van der Waals surface area contributed by atoms with Gasteiger partial charge in [0.25, 0.3) is 0 Å². The fraction of sp³-hybridized carbons (Fsp3) is 0.562. The lowest BCUT2D eigenvalue weighted by Crippen LogP contribution is -2.45. The number of benzene rings is 1. The molecule has 1 saturated carbocycles. The maximum atomic E-state index is 13.0. The molecule has 0 bridgehead atoms. The molecule has 1 aromatic rings. The first kappa shape index (κ1) is 15.8. The van der Waals surface area contributed by atoms with Crippen molar-refractivity contribution in [3.63, 3.8) is 0 Å². The van der Waals surface area contributed by atoms with E-state index in [0.717, 1.165) is 18.4 Å². The number of carbonyl (C=O) groups excluding carboxylic acids is 1. The molecule has 1 aliphatic carbocycles. The normalized spacial score (nSPS) is 17.7. The van der Waals surface area contributed by atoms with Gasteiger partial charge in [-0.15, -0.1) is 0 Å². The molecule has 1 aliphatic rings. The van der Waals surface area contributed by atoms with Crippen LogP contribution in [0.5, 0.6) is 0 Å². The van der Waals surface area contributed by atoms with E-state index >= 15 is 0 Å². The summed E-state index contributed by atoms with van der Waals surface area (Å²) in [5.74, 6) is 0.140. The van der Waals surface area contributed by atoms with E-state index in [1.807, 2.05) is 6.92 Å². The molecule has 2 amide bonds. The molecule has 0 aromatic heterocycles. The van der Waals surface area contributed by atoms with Crippen molar-refractivity contribution in [3.05, 3.63) is 35.6 Å². The van der Waals surface area contributed by atoms with Crippen LogP contribution >= 0.6 is 0 Å². The van der Waals surface area contributed by atoms with Crippen molar-refractivity contribution in [1.29, 1.82) is 0 Å². The molecule has 0 saturated heterocycles. The number of amides is 2. The maximum Gasteiger partial charge on any atom is 0.315 e. The quantitative estimate of drug-likeness (QED) is 0.755. The van der Waals surface area contributed by atoms with Gasteiger partial charge < -0.3 is 15.7 Å². The van der Waals surface area contributed by atoms with Crippen LogP contribution in [-0.2, 0) is 0 Å². The molecule has 3 N–H and O–H groups in total. The molecule has 1 aromatic carbocycles. The van der Waals surface area contributed by atoms with Crippen LogP contribution in [0.15, 0.2) is 24.3 Å². The monoisotopic (exact) mass is 294 g/mol. The summed E-state index contributed by atoms with van der Waals surface area (Å²) in [6.07, 6.45) is 3.85. The molecule has 2 atom stereocenters. The number of carbonyl (C=O) groups is 1. The zero-order valence-electron chi connectivity index (χ0n) is 12.3. The van der Waals surface area contributed by atoms with Gasteiger partial charge in [0.2, 0.25) is 0 Å². The second-order valence-corrected chi connectivity index (χ2v) is 5.75. The Morgan fingerprint density at radius 1 is 1.33 bits per heavy atom. The topological polar surface area (TPSA) is 61.4 Å². The summed E-state index contributed by atoms with van der Waals surface area (Å²) in [6, 6.07) is 5.92. The summed E-state index contributed by atoms with van der Waals surface area (Å²) in [7, 11) is 0. The molecule has 21 heavy (non-hydrogen) atoms. The zero-order valence-corrected chi connectivity index (χ0v) is 12.3. The lowest BCUT2D eigenvalue weighted by molar-refractivity contribution is 0.203.